The van der Waals surface area contributed by atoms with E-state index in [1.807, 2.05) is 18.2 Å². The summed E-state index contributed by atoms with van der Waals surface area (Å²) in [6, 6.07) is 9.14. The van der Waals surface area contributed by atoms with E-state index >= 15 is 0 Å². The molecule has 1 aliphatic heterocycles. The second-order valence-corrected chi connectivity index (χ2v) is 7.47. The molecule has 140 valence electrons. The van der Waals surface area contributed by atoms with Gasteiger partial charge in [-0.05, 0) is 35.9 Å². The zero-order valence-corrected chi connectivity index (χ0v) is 16.2. The number of hydrogen-bond donors (Lipinski definition) is 1. The third-order valence-electron chi connectivity index (χ3n) is 4.07. The highest BCUT2D eigenvalue weighted by atomic mass is 35.5. The summed E-state index contributed by atoms with van der Waals surface area (Å²) in [4.78, 5) is 16.9. The molecule has 1 aliphatic rings. The van der Waals surface area contributed by atoms with Crippen molar-refractivity contribution >= 4 is 44.2 Å². The molecule has 0 unspecified atom stereocenters. The van der Waals surface area contributed by atoms with Crippen LogP contribution in [0.3, 0.4) is 0 Å². The van der Waals surface area contributed by atoms with Crippen LogP contribution in [0.15, 0.2) is 30.3 Å². The smallest absolute Gasteiger partial charge is 0.230 e. The molecule has 27 heavy (non-hydrogen) atoms. The Morgan fingerprint density at radius 2 is 2.15 bits per heavy atom. The number of fused-ring (bicyclic) bond motifs is 2. The summed E-state index contributed by atoms with van der Waals surface area (Å²) in [5, 5.41) is 3.84. The average Bonchev–Trinajstić information content (AvgIpc) is 2.87. The quantitative estimate of drug-likeness (QED) is 0.702. The predicted molar refractivity (Wildman–Crippen MR) is 106 cm³/mol. The van der Waals surface area contributed by atoms with Crippen LogP contribution in [0.2, 0.25) is 5.02 Å². The summed E-state index contributed by atoms with van der Waals surface area (Å²) in [6.07, 6.45) is 0.957. The first-order valence-corrected chi connectivity index (χ1v) is 9.64. The summed E-state index contributed by atoms with van der Waals surface area (Å²) in [5.74, 6) is 1.70. The lowest BCUT2D eigenvalue weighted by atomic mass is 10.1. The van der Waals surface area contributed by atoms with Crippen LogP contribution in [0.4, 0.5) is 5.13 Å². The molecule has 0 saturated heterocycles. The number of carbonyl (C=O) groups is 1. The molecule has 0 saturated carbocycles. The summed E-state index contributed by atoms with van der Waals surface area (Å²) in [6.45, 7) is 1.13. The molecule has 4 rings (SSSR count). The molecule has 1 aromatic heterocycles. The Morgan fingerprint density at radius 1 is 1.30 bits per heavy atom. The number of anilines is 1. The topological polar surface area (TPSA) is 69.7 Å². The van der Waals surface area contributed by atoms with Gasteiger partial charge in [-0.1, -0.05) is 22.9 Å². The van der Waals surface area contributed by atoms with Crippen molar-refractivity contribution in [3.63, 3.8) is 0 Å². The number of halogens is 1. The molecule has 0 spiro atoms. The lowest BCUT2D eigenvalue weighted by Gasteiger charge is -2.11. The fourth-order valence-electron chi connectivity index (χ4n) is 2.82. The lowest BCUT2D eigenvalue weighted by molar-refractivity contribution is -0.115. The lowest BCUT2D eigenvalue weighted by Crippen LogP contribution is -2.14. The van der Waals surface area contributed by atoms with Gasteiger partial charge < -0.3 is 19.5 Å². The first-order valence-electron chi connectivity index (χ1n) is 8.45. The minimum absolute atomic E-state index is 0.162. The minimum atomic E-state index is -0.174. The maximum absolute atomic E-state index is 12.4. The van der Waals surface area contributed by atoms with Gasteiger partial charge in [-0.25, -0.2) is 4.98 Å². The zero-order chi connectivity index (χ0) is 18.8. The second-order valence-electron chi connectivity index (χ2n) is 6.03. The van der Waals surface area contributed by atoms with Crippen LogP contribution in [-0.2, 0) is 11.2 Å². The van der Waals surface area contributed by atoms with Gasteiger partial charge in [-0.2, -0.15) is 0 Å². The number of thiazole rings is 1. The predicted octanol–water partition coefficient (Wildman–Crippen LogP) is 4.30. The first-order chi connectivity index (χ1) is 13.1. The molecule has 0 atom stereocenters. The SMILES string of the molecule is COc1ccc2nc(NC(=O)Cc3cc(Cl)c4c(c3)OCCCO4)sc2c1. The Bertz CT molecular complexity index is 1000. The molecule has 6 nitrogen and oxygen atoms in total. The van der Waals surface area contributed by atoms with Crippen LogP contribution in [-0.4, -0.2) is 31.2 Å². The molecular weight excluding hydrogens is 388 g/mol. The molecule has 2 aromatic carbocycles. The number of methoxy groups -OCH3 is 1. The fourth-order valence-corrected chi connectivity index (χ4v) is 4.02. The molecule has 3 aromatic rings. The maximum Gasteiger partial charge on any atom is 0.230 e. The first kappa shape index (κ1) is 17.9. The summed E-state index contributed by atoms with van der Waals surface area (Å²) in [7, 11) is 1.62. The number of carbonyl (C=O) groups excluding carboxylic acids is 1. The summed E-state index contributed by atoms with van der Waals surface area (Å²) >= 11 is 7.69. The van der Waals surface area contributed by atoms with E-state index in [0.29, 0.717) is 34.9 Å². The van der Waals surface area contributed by atoms with E-state index in [2.05, 4.69) is 10.3 Å². The van der Waals surface area contributed by atoms with Gasteiger partial charge in [0.1, 0.15) is 5.75 Å². The van der Waals surface area contributed by atoms with Crippen molar-refractivity contribution < 1.29 is 19.0 Å². The van der Waals surface area contributed by atoms with Gasteiger partial charge in [0.05, 0.1) is 42.0 Å². The fraction of sp³-hybridized carbons (Fsp3) is 0.263. The normalized spacial score (nSPS) is 13.3. The van der Waals surface area contributed by atoms with Crippen molar-refractivity contribution in [1.82, 2.24) is 4.98 Å². The minimum Gasteiger partial charge on any atom is -0.497 e. The van der Waals surface area contributed by atoms with E-state index in [4.69, 9.17) is 25.8 Å². The van der Waals surface area contributed by atoms with Gasteiger partial charge in [0.15, 0.2) is 16.6 Å². The molecule has 0 radical (unpaired) electrons. The largest absolute Gasteiger partial charge is 0.497 e. The molecule has 8 heteroatoms. The number of aromatic nitrogens is 1. The van der Waals surface area contributed by atoms with Crippen molar-refractivity contribution in [1.29, 1.82) is 0 Å². The van der Waals surface area contributed by atoms with Gasteiger partial charge in [0.25, 0.3) is 0 Å². The van der Waals surface area contributed by atoms with Crippen molar-refractivity contribution in [2.24, 2.45) is 0 Å². The number of amides is 1. The summed E-state index contributed by atoms with van der Waals surface area (Å²) in [5.41, 5.74) is 1.57. The Hall–Kier alpha value is -2.51. The standard InChI is InChI=1S/C19H17ClN2O4S/c1-24-12-3-4-14-16(10-12)27-19(21-14)22-17(23)9-11-7-13(20)18-15(8-11)25-5-2-6-26-18/h3-4,7-8,10H,2,5-6,9H2,1H3,(H,21,22,23). The van der Waals surface area contributed by atoms with E-state index in [1.165, 1.54) is 11.3 Å². The molecule has 0 bridgehead atoms. The summed E-state index contributed by atoms with van der Waals surface area (Å²) < 4.78 is 17.4. The van der Waals surface area contributed by atoms with E-state index < -0.39 is 0 Å². The van der Waals surface area contributed by atoms with Gasteiger partial charge >= 0.3 is 0 Å². The molecule has 0 aliphatic carbocycles. The van der Waals surface area contributed by atoms with Crippen molar-refractivity contribution in [3.8, 4) is 17.2 Å². The molecule has 1 amide bonds. The van der Waals surface area contributed by atoms with Crippen molar-refractivity contribution in [2.45, 2.75) is 12.8 Å². The number of rotatable bonds is 4. The average molecular weight is 405 g/mol. The third-order valence-corrected chi connectivity index (χ3v) is 5.28. The number of ether oxygens (including phenoxy) is 3. The highest BCUT2D eigenvalue weighted by molar-refractivity contribution is 7.22. The highest BCUT2D eigenvalue weighted by Gasteiger charge is 2.17. The van der Waals surface area contributed by atoms with Gasteiger partial charge in [0.2, 0.25) is 5.91 Å². The monoisotopic (exact) mass is 404 g/mol. The zero-order valence-electron chi connectivity index (χ0n) is 14.6. The van der Waals surface area contributed by atoms with Crippen LogP contribution >= 0.6 is 22.9 Å². The van der Waals surface area contributed by atoms with E-state index in [-0.39, 0.29) is 12.3 Å². The number of nitrogens with zero attached hydrogens (tertiary/aromatic N) is 1. The number of hydrogen-bond acceptors (Lipinski definition) is 6. The molecule has 2 heterocycles. The van der Waals surface area contributed by atoms with Crippen LogP contribution in [0.5, 0.6) is 17.2 Å². The highest BCUT2D eigenvalue weighted by Crippen LogP contribution is 2.38. The van der Waals surface area contributed by atoms with E-state index in [0.717, 1.165) is 28.0 Å². The van der Waals surface area contributed by atoms with Crippen molar-refractivity contribution in [2.75, 3.05) is 25.6 Å². The Morgan fingerprint density at radius 3 is 3.00 bits per heavy atom. The van der Waals surface area contributed by atoms with Crippen LogP contribution < -0.4 is 19.5 Å². The molecule has 1 N–H and O–H groups in total. The number of nitrogens with one attached hydrogen (secondary N) is 1. The maximum atomic E-state index is 12.4. The molecule has 0 fully saturated rings. The Labute approximate surface area is 165 Å². The third kappa shape index (κ3) is 3.94. The van der Waals surface area contributed by atoms with Gasteiger partial charge in [0, 0.05) is 6.42 Å². The van der Waals surface area contributed by atoms with E-state index in [1.54, 1.807) is 19.2 Å². The van der Waals surface area contributed by atoms with Crippen LogP contribution in [0.25, 0.3) is 10.2 Å². The van der Waals surface area contributed by atoms with Crippen LogP contribution in [0.1, 0.15) is 12.0 Å². The van der Waals surface area contributed by atoms with Crippen LogP contribution in [0, 0.1) is 0 Å². The second kappa shape index (κ2) is 7.62. The van der Waals surface area contributed by atoms with E-state index in [9.17, 15) is 4.79 Å². The number of benzene rings is 2. The molecular formula is C19H17ClN2O4S. The Balaban J connectivity index is 1.49. The van der Waals surface area contributed by atoms with Gasteiger partial charge in [-0.15, -0.1) is 0 Å². The van der Waals surface area contributed by atoms with Gasteiger partial charge in [-0.3, -0.25) is 4.79 Å². The van der Waals surface area contributed by atoms with Crippen molar-refractivity contribution in [3.05, 3.63) is 40.9 Å². The Kier molecular flexibility index (Phi) is 5.05.